The number of carbonyl (C=O) groups excluding carboxylic acids is 1. The van der Waals surface area contributed by atoms with Gasteiger partial charge < -0.3 is 0 Å². The summed E-state index contributed by atoms with van der Waals surface area (Å²) in [5, 5.41) is 2.11. The second-order valence-electron chi connectivity index (χ2n) is 5.90. The van der Waals surface area contributed by atoms with Crippen molar-refractivity contribution in [1.82, 2.24) is 5.06 Å². The average Bonchev–Trinajstić information content (AvgIpc) is 1.96. The fourth-order valence-electron chi connectivity index (χ4n) is 2.65. The molecule has 94 valence electrons. The van der Waals surface area contributed by atoms with Gasteiger partial charge in [0.1, 0.15) is 6.61 Å². The summed E-state index contributed by atoms with van der Waals surface area (Å²) in [4.78, 5) is 16.6. The normalized spacial score (nSPS) is 25.6. The third-order valence-corrected chi connectivity index (χ3v) is 3.25. The molecule has 4 heteroatoms. The molecule has 0 spiro atoms. The second kappa shape index (κ2) is 4.63. The molecule has 0 aromatic heterocycles. The van der Waals surface area contributed by atoms with Gasteiger partial charge in [0.25, 0.3) is 0 Å². The van der Waals surface area contributed by atoms with E-state index in [0.717, 1.165) is 12.8 Å². The Balaban J connectivity index is 2.80. The smallest absolute Gasteiger partial charge is 0.157 e. The van der Waals surface area contributed by atoms with Gasteiger partial charge in [0.2, 0.25) is 0 Å². The van der Waals surface area contributed by atoms with Crippen molar-refractivity contribution in [1.29, 1.82) is 0 Å². The van der Waals surface area contributed by atoms with Crippen molar-refractivity contribution in [3.8, 4) is 0 Å². The first-order chi connectivity index (χ1) is 7.15. The number of nitrogens with zero attached hydrogens (tertiary/aromatic N) is 1. The monoisotopic (exact) mass is 247 g/mol. The minimum Gasteiger partial charge on any atom is -0.297 e. The summed E-state index contributed by atoms with van der Waals surface area (Å²) in [6, 6.07) is 0. The van der Waals surface area contributed by atoms with Crippen LogP contribution in [0, 0.1) is 0 Å². The van der Waals surface area contributed by atoms with Crippen LogP contribution in [-0.2, 0) is 9.63 Å². The zero-order chi connectivity index (χ0) is 12.6. The van der Waals surface area contributed by atoms with E-state index in [0.29, 0.717) is 0 Å². The maximum absolute atomic E-state index is 11.0. The van der Waals surface area contributed by atoms with Crippen LogP contribution < -0.4 is 0 Å². The Morgan fingerprint density at radius 2 is 1.75 bits per heavy atom. The molecule has 0 saturated carbocycles. The maximum Gasteiger partial charge on any atom is 0.157 e. The Labute approximate surface area is 103 Å². The number of rotatable bonds is 3. The molecule has 0 N–H and O–H groups in total. The summed E-state index contributed by atoms with van der Waals surface area (Å²) in [5.41, 5.74) is -0.271. The standard InChI is InChI=1S/C12H22ClNO2/c1-9(15)8-16-14-11(2,3)6-10(13)7-12(14,4)5/h10H,6-8H2,1-5H3. The first-order valence-corrected chi connectivity index (χ1v) is 6.15. The van der Waals surface area contributed by atoms with Crippen molar-refractivity contribution in [3.05, 3.63) is 0 Å². The second-order valence-corrected chi connectivity index (χ2v) is 6.52. The molecule has 0 radical (unpaired) electrons. The van der Waals surface area contributed by atoms with Crippen molar-refractivity contribution in [2.75, 3.05) is 6.61 Å². The van der Waals surface area contributed by atoms with E-state index >= 15 is 0 Å². The molecule has 0 aromatic carbocycles. The Kier molecular flexibility index (Phi) is 4.04. The first kappa shape index (κ1) is 13.9. The molecule has 0 unspecified atom stereocenters. The number of alkyl halides is 1. The number of hydrogen-bond acceptors (Lipinski definition) is 3. The Bertz CT molecular complexity index is 258. The third kappa shape index (κ3) is 3.19. The lowest BCUT2D eigenvalue weighted by Gasteiger charge is -2.52. The molecule has 1 aliphatic heterocycles. The molecule has 0 bridgehead atoms. The quantitative estimate of drug-likeness (QED) is 0.719. The van der Waals surface area contributed by atoms with Crippen molar-refractivity contribution in [2.45, 2.75) is 63.9 Å². The summed E-state index contributed by atoms with van der Waals surface area (Å²) in [7, 11) is 0. The lowest BCUT2D eigenvalue weighted by atomic mass is 9.82. The molecule has 3 nitrogen and oxygen atoms in total. The van der Waals surface area contributed by atoms with Crippen LogP contribution in [-0.4, -0.2) is 33.9 Å². The molecule has 0 aliphatic carbocycles. The lowest BCUT2D eigenvalue weighted by Crippen LogP contribution is -2.61. The molecule has 1 rings (SSSR count). The van der Waals surface area contributed by atoms with Crippen molar-refractivity contribution in [2.24, 2.45) is 0 Å². The van der Waals surface area contributed by atoms with Gasteiger partial charge in [0.05, 0.1) is 0 Å². The van der Waals surface area contributed by atoms with Crippen LogP contribution in [0.25, 0.3) is 0 Å². The SMILES string of the molecule is CC(=O)CON1C(C)(C)CC(Cl)CC1(C)C. The molecular formula is C12H22ClNO2. The predicted octanol–water partition coefficient (Wildman–Crippen LogP) is 2.77. The Morgan fingerprint density at radius 1 is 1.31 bits per heavy atom. The molecule has 0 amide bonds. The number of piperidine rings is 1. The molecule has 0 atom stereocenters. The van der Waals surface area contributed by atoms with E-state index in [9.17, 15) is 4.79 Å². The first-order valence-electron chi connectivity index (χ1n) is 5.72. The van der Waals surface area contributed by atoms with Gasteiger partial charge in [-0.25, -0.2) is 0 Å². The highest BCUT2D eigenvalue weighted by atomic mass is 35.5. The van der Waals surface area contributed by atoms with E-state index in [2.05, 4.69) is 27.7 Å². The molecule has 1 saturated heterocycles. The Morgan fingerprint density at radius 3 is 2.12 bits per heavy atom. The maximum atomic E-state index is 11.0. The fourth-order valence-corrected chi connectivity index (χ4v) is 3.40. The van der Waals surface area contributed by atoms with Crippen LogP contribution in [0.5, 0.6) is 0 Å². The highest BCUT2D eigenvalue weighted by Crippen LogP contribution is 2.40. The van der Waals surface area contributed by atoms with Gasteiger partial charge in [-0.15, -0.1) is 11.6 Å². The molecule has 1 aliphatic rings. The summed E-state index contributed by atoms with van der Waals surface area (Å²) < 4.78 is 0. The number of hydroxylamine groups is 2. The minimum atomic E-state index is -0.135. The number of hydrogen-bond donors (Lipinski definition) is 0. The van der Waals surface area contributed by atoms with Crippen molar-refractivity contribution < 1.29 is 9.63 Å². The number of Topliss-reactive ketones (excluding diaryl/α,β-unsaturated/α-hetero) is 1. The van der Waals surface area contributed by atoms with Gasteiger partial charge in [-0.1, -0.05) is 0 Å². The predicted molar refractivity (Wildman–Crippen MR) is 65.5 cm³/mol. The van der Waals surface area contributed by atoms with E-state index in [1.165, 1.54) is 6.92 Å². The van der Waals surface area contributed by atoms with E-state index < -0.39 is 0 Å². The van der Waals surface area contributed by atoms with Crippen molar-refractivity contribution >= 4 is 17.4 Å². The van der Waals surface area contributed by atoms with Crippen LogP contribution >= 0.6 is 11.6 Å². The Hall–Kier alpha value is -0.120. The lowest BCUT2D eigenvalue weighted by molar-refractivity contribution is -0.275. The average molecular weight is 248 g/mol. The van der Waals surface area contributed by atoms with Gasteiger partial charge in [-0.3, -0.25) is 9.63 Å². The highest BCUT2D eigenvalue weighted by molar-refractivity contribution is 6.20. The summed E-state index contributed by atoms with van der Waals surface area (Å²) in [5.74, 6) is 0.0413. The summed E-state index contributed by atoms with van der Waals surface area (Å²) in [6.45, 7) is 10.1. The van der Waals surface area contributed by atoms with E-state index in [-0.39, 0.29) is 28.8 Å². The van der Waals surface area contributed by atoms with Crippen molar-refractivity contribution in [3.63, 3.8) is 0 Å². The number of ketones is 1. The fraction of sp³-hybridized carbons (Fsp3) is 0.917. The summed E-state index contributed by atoms with van der Waals surface area (Å²) >= 11 is 6.26. The van der Waals surface area contributed by atoms with Crippen LogP contribution in [0.15, 0.2) is 0 Å². The van der Waals surface area contributed by atoms with Gasteiger partial charge in [0.15, 0.2) is 5.78 Å². The molecule has 16 heavy (non-hydrogen) atoms. The highest BCUT2D eigenvalue weighted by Gasteiger charge is 2.46. The van der Waals surface area contributed by atoms with E-state index in [1.807, 2.05) is 5.06 Å². The van der Waals surface area contributed by atoms with Gasteiger partial charge in [-0.2, -0.15) is 5.06 Å². The van der Waals surface area contributed by atoms with Gasteiger partial charge in [0, 0.05) is 16.5 Å². The minimum absolute atomic E-state index is 0.0413. The largest absolute Gasteiger partial charge is 0.297 e. The summed E-state index contributed by atoms with van der Waals surface area (Å²) in [6.07, 6.45) is 1.74. The molecule has 1 fully saturated rings. The topological polar surface area (TPSA) is 29.5 Å². The molecule has 0 aromatic rings. The van der Waals surface area contributed by atoms with Crippen LogP contribution in [0.3, 0.4) is 0 Å². The van der Waals surface area contributed by atoms with Crippen LogP contribution in [0.2, 0.25) is 0 Å². The van der Waals surface area contributed by atoms with E-state index in [4.69, 9.17) is 16.4 Å². The van der Waals surface area contributed by atoms with Crippen LogP contribution in [0.4, 0.5) is 0 Å². The van der Waals surface area contributed by atoms with Gasteiger partial charge >= 0.3 is 0 Å². The number of carbonyl (C=O) groups is 1. The van der Waals surface area contributed by atoms with Gasteiger partial charge in [-0.05, 0) is 47.5 Å². The van der Waals surface area contributed by atoms with Crippen LogP contribution in [0.1, 0.15) is 47.5 Å². The zero-order valence-corrected chi connectivity index (χ0v) is 11.6. The number of halogens is 1. The molecule has 1 heterocycles. The molecular weight excluding hydrogens is 226 g/mol. The van der Waals surface area contributed by atoms with E-state index in [1.54, 1.807) is 0 Å². The zero-order valence-electron chi connectivity index (χ0n) is 10.8. The third-order valence-electron chi connectivity index (χ3n) is 2.94.